The van der Waals surface area contributed by atoms with Crippen LogP contribution < -0.4 is 0 Å². The molecule has 17 heavy (non-hydrogen) atoms. The third-order valence-corrected chi connectivity index (χ3v) is 4.36. The number of hydrogen-bond acceptors (Lipinski definition) is 3. The van der Waals surface area contributed by atoms with Crippen LogP contribution in [0.25, 0.3) is 0 Å². The van der Waals surface area contributed by atoms with Crippen molar-refractivity contribution in [1.29, 1.82) is 0 Å². The molecule has 0 saturated carbocycles. The molecule has 1 aromatic carbocycles. The van der Waals surface area contributed by atoms with Gasteiger partial charge in [-0.2, -0.15) is 0 Å². The number of pyridine rings is 1. The molecule has 2 rings (SSSR count). The van der Waals surface area contributed by atoms with Crippen molar-refractivity contribution in [2.75, 3.05) is 0 Å². The van der Waals surface area contributed by atoms with Crippen LogP contribution in [0.4, 0.5) is 0 Å². The predicted molar refractivity (Wildman–Crippen MR) is 73.1 cm³/mol. The van der Waals surface area contributed by atoms with Crippen LogP contribution in [0, 0.1) is 0 Å². The minimum atomic E-state index is -0.506. The summed E-state index contributed by atoms with van der Waals surface area (Å²) in [6, 6.07) is 11.7. The van der Waals surface area contributed by atoms with E-state index in [2.05, 4.69) is 20.9 Å². The zero-order valence-corrected chi connectivity index (χ0v) is 11.7. The third-order valence-electron chi connectivity index (χ3n) is 2.29. The van der Waals surface area contributed by atoms with Crippen LogP contribution in [0.5, 0.6) is 0 Å². The molecule has 2 aromatic rings. The monoisotopic (exact) mass is 309 g/mol. The topological polar surface area (TPSA) is 33.1 Å². The van der Waals surface area contributed by atoms with Crippen molar-refractivity contribution in [3.63, 3.8) is 0 Å². The van der Waals surface area contributed by atoms with Gasteiger partial charge >= 0.3 is 0 Å². The highest BCUT2D eigenvalue weighted by Gasteiger charge is 2.11. The van der Waals surface area contributed by atoms with Crippen LogP contribution in [0.2, 0.25) is 0 Å². The van der Waals surface area contributed by atoms with Crippen molar-refractivity contribution in [1.82, 2.24) is 4.98 Å². The predicted octanol–water partition coefficient (Wildman–Crippen LogP) is 4.05. The van der Waals surface area contributed by atoms with E-state index in [1.807, 2.05) is 36.4 Å². The van der Waals surface area contributed by atoms with Crippen LogP contribution in [0.1, 0.15) is 18.6 Å². The molecule has 88 valence electrons. The van der Waals surface area contributed by atoms with Crippen molar-refractivity contribution in [3.8, 4) is 0 Å². The first-order chi connectivity index (χ1) is 8.18. The van der Waals surface area contributed by atoms with Gasteiger partial charge in [-0.25, -0.2) is 4.98 Å². The molecule has 0 aliphatic carbocycles. The largest absolute Gasteiger partial charge is 0.389 e. The van der Waals surface area contributed by atoms with E-state index in [4.69, 9.17) is 0 Å². The van der Waals surface area contributed by atoms with E-state index >= 15 is 0 Å². The van der Waals surface area contributed by atoms with Gasteiger partial charge in [0.2, 0.25) is 0 Å². The first-order valence-electron chi connectivity index (χ1n) is 5.24. The average molecular weight is 310 g/mol. The Morgan fingerprint density at radius 3 is 2.71 bits per heavy atom. The van der Waals surface area contributed by atoms with E-state index < -0.39 is 6.10 Å². The highest BCUT2D eigenvalue weighted by molar-refractivity contribution is 9.10. The molecule has 0 aliphatic heterocycles. The molecule has 0 unspecified atom stereocenters. The van der Waals surface area contributed by atoms with E-state index in [0.29, 0.717) is 0 Å². The highest BCUT2D eigenvalue weighted by atomic mass is 79.9. The molecule has 0 saturated heterocycles. The lowest BCUT2D eigenvalue weighted by Gasteiger charge is -2.10. The molecule has 0 bridgehead atoms. The SMILES string of the molecule is C[C@@H](O)c1cccnc1Sc1ccccc1Br. The van der Waals surface area contributed by atoms with Crippen LogP contribution in [0.3, 0.4) is 0 Å². The second-order valence-electron chi connectivity index (χ2n) is 3.61. The number of rotatable bonds is 3. The summed E-state index contributed by atoms with van der Waals surface area (Å²) in [5, 5.41) is 10.5. The number of aromatic nitrogens is 1. The lowest BCUT2D eigenvalue weighted by Crippen LogP contribution is -1.95. The number of aliphatic hydroxyl groups excluding tert-OH is 1. The molecule has 2 nitrogen and oxygen atoms in total. The summed E-state index contributed by atoms with van der Waals surface area (Å²) in [5.41, 5.74) is 0.855. The smallest absolute Gasteiger partial charge is 0.107 e. The van der Waals surface area contributed by atoms with Crippen LogP contribution in [-0.4, -0.2) is 10.1 Å². The van der Waals surface area contributed by atoms with E-state index in [1.54, 1.807) is 24.9 Å². The quantitative estimate of drug-likeness (QED) is 0.928. The van der Waals surface area contributed by atoms with E-state index in [1.165, 1.54) is 0 Å². The third kappa shape index (κ3) is 3.09. The highest BCUT2D eigenvalue weighted by Crippen LogP contribution is 2.35. The van der Waals surface area contributed by atoms with Crippen molar-refractivity contribution in [2.45, 2.75) is 22.9 Å². The van der Waals surface area contributed by atoms with E-state index in [0.717, 1.165) is 20.0 Å². The van der Waals surface area contributed by atoms with Gasteiger partial charge < -0.3 is 5.11 Å². The Morgan fingerprint density at radius 1 is 1.24 bits per heavy atom. The molecular weight excluding hydrogens is 298 g/mol. The van der Waals surface area contributed by atoms with Gasteiger partial charge in [0.25, 0.3) is 0 Å². The summed E-state index contributed by atoms with van der Waals surface area (Å²) in [7, 11) is 0. The van der Waals surface area contributed by atoms with Crippen LogP contribution in [0.15, 0.2) is 57.0 Å². The van der Waals surface area contributed by atoms with Crippen LogP contribution >= 0.6 is 27.7 Å². The Kier molecular flexibility index (Phi) is 4.20. The number of nitrogens with zero attached hydrogens (tertiary/aromatic N) is 1. The summed E-state index contributed by atoms with van der Waals surface area (Å²) in [4.78, 5) is 5.41. The van der Waals surface area contributed by atoms with Gasteiger partial charge in [-0.3, -0.25) is 0 Å². The minimum Gasteiger partial charge on any atom is -0.389 e. The molecule has 0 radical (unpaired) electrons. The lowest BCUT2D eigenvalue weighted by atomic mass is 10.2. The number of hydrogen-bond donors (Lipinski definition) is 1. The molecule has 0 fully saturated rings. The van der Waals surface area contributed by atoms with Gasteiger partial charge in [0.15, 0.2) is 0 Å². The first-order valence-corrected chi connectivity index (χ1v) is 6.85. The van der Waals surface area contributed by atoms with Crippen molar-refractivity contribution in [3.05, 3.63) is 52.6 Å². The zero-order valence-electron chi connectivity index (χ0n) is 9.30. The number of halogens is 1. The van der Waals surface area contributed by atoms with E-state index in [9.17, 15) is 5.11 Å². The maximum atomic E-state index is 9.69. The first kappa shape index (κ1) is 12.6. The molecule has 1 aromatic heterocycles. The zero-order chi connectivity index (χ0) is 12.3. The number of aliphatic hydroxyl groups is 1. The van der Waals surface area contributed by atoms with Gasteiger partial charge in [0, 0.05) is 21.1 Å². The van der Waals surface area contributed by atoms with Crippen molar-refractivity contribution in [2.24, 2.45) is 0 Å². The second kappa shape index (κ2) is 5.67. The summed E-state index contributed by atoms with van der Waals surface area (Å²) < 4.78 is 1.03. The fourth-order valence-corrected chi connectivity index (χ4v) is 2.96. The molecule has 1 heterocycles. The molecule has 1 N–H and O–H groups in total. The summed E-state index contributed by atoms with van der Waals surface area (Å²) in [5.74, 6) is 0. The molecule has 0 spiro atoms. The van der Waals surface area contributed by atoms with Crippen molar-refractivity contribution >= 4 is 27.7 Å². The Labute approximate surface area is 113 Å². The summed E-state index contributed by atoms with van der Waals surface area (Å²) in [6.45, 7) is 1.75. The van der Waals surface area contributed by atoms with Gasteiger partial charge in [-0.1, -0.05) is 30.0 Å². The average Bonchev–Trinajstić information content (AvgIpc) is 2.32. The van der Waals surface area contributed by atoms with Gasteiger partial charge in [-0.15, -0.1) is 0 Å². The molecule has 4 heteroatoms. The van der Waals surface area contributed by atoms with Gasteiger partial charge in [0.1, 0.15) is 5.03 Å². The van der Waals surface area contributed by atoms with Gasteiger partial charge in [-0.05, 0) is 41.1 Å². The minimum absolute atomic E-state index is 0.506. The standard InChI is InChI=1S/C13H12BrNOS/c1-9(16)10-5-4-8-15-13(10)17-12-7-3-2-6-11(12)14/h2-9,16H,1H3/t9-/m1/s1. The fraction of sp³-hybridized carbons (Fsp3) is 0.154. The lowest BCUT2D eigenvalue weighted by molar-refractivity contribution is 0.195. The molecular formula is C13H12BrNOS. The van der Waals surface area contributed by atoms with Gasteiger partial charge in [0.05, 0.1) is 6.10 Å². The Bertz CT molecular complexity index is 516. The summed E-state index contributed by atoms with van der Waals surface area (Å²) >= 11 is 5.06. The molecule has 1 atom stereocenters. The van der Waals surface area contributed by atoms with Crippen molar-refractivity contribution < 1.29 is 5.11 Å². The summed E-state index contributed by atoms with van der Waals surface area (Å²) in [6.07, 6.45) is 1.24. The second-order valence-corrected chi connectivity index (χ2v) is 5.49. The number of benzene rings is 1. The Hall–Kier alpha value is -0.840. The molecule has 0 aliphatic rings. The normalized spacial score (nSPS) is 12.4. The Morgan fingerprint density at radius 2 is 2.00 bits per heavy atom. The fourth-order valence-electron chi connectivity index (χ4n) is 1.44. The maximum Gasteiger partial charge on any atom is 0.107 e. The van der Waals surface area contributed by atoms with Crippen LogP contribution in [-0.2, 0) is 0 Å². The Balaban J connectivity index is 2.34. The maximum absolute atomic E-state index is 9.69. The van der Waals surface area contributed by atoms with E-state index in [-0.39, 0.29) is 0 Å². The molecule has 0 amide bonds.